The van der Waals surface area contributed by atoms with Crippen LogP contribution in [0.25, 0.3) is 0 Å². The van der Waals surface area contributed by atoms with Gasteiger partial charge in [0.15, 0.2) is 0 Å². The first kappa shape index (κ1) is 15.0. The van der Waals surface area contributed by atoms with E-state index in [2.05, 4.69) is 31.2 Å². The van der Waals surface area contributed by atoms with Crippen molar-refractivity contribution in [3.8, 4) is 0 Å². The number of halogens is 1. The van der Waals surface area contributed by atoms with Gasteiger partial charge in [0.05, 0.1) is 17.3 Å². The van der Waals surface area contributed by atoms with Gasteiger partial charge in [0.25, 0.3) is 5.91 Å². The third-order valence-corrected chi connectivity index (χ3v) is 3.05. The number of primary amides is 1. The molecule has 0 saturated carbocycles. The first-order valence-electron chi connectivity index (χ1n) is 6.64. The highest BCUT2D eigenvalue weighted by Crippen LogP contribution is 2.17. The van der Waals surface area contributed by atoms with Gasteiger partial charge in [-0.1, -0.05) is 0 Å². The van der Waals surface area contributed by atoms with Crippen LogP contribution < -0.4 is 11.1 Å². The number of carbonyl (C=O) groups is 1. The van der Waals surface area contributed by atoms with Crippen molar-refractivity contribution >= 4 is 11.6 Å². The molecule has 0 unspecified atom stereocenters. The second-order valence-corrected chi connectivity index (χ2v) is 5.88. The third kappa shape index (κ3) is 3.59. The van der Waals surface area contributed by atoms with Gasteiger partial charge in [-0.2, -0.15) is 5.10 Å². The Kier molecular flexibility index (Phi) is 3.97. The minimum atomic E-state index is -0.781. The molecule has 0 saturated heterocycles. The van der Waals surface area contributed by atoms with E-state index < -0.39 is 11.7 Å². The molecule has 21 heavy (non-hydrogen) atoms. The van der Waals surface area contributed by atoms with Crippen LogP contribution in [0.4, 0.5) is 10.1 Å². The Morgan fingerprint density at radius 3 is 2.71 bits per heavy atom. The van der Waals surface area contributed by atoms with E-state index in [1.54, 1.807) is 12.3 Å². The largest absolute Gasteiger partial charge is 0.381 e. The van der Waals surface area contributed by atoms with Crippen molar-refractivity contribution in [3.63, 3.8) is 0 Å². The number of nitrogens with zero attached hydrogens (tertiary/aromatic N) is 2. The van der Waals surface area contributed by atoms with Crippen LogP contribution in [0.2, 0.25) is 0 Å². The maximum absolute atomic E-state index is 13.4. The number of amides is 1. The van der Waals surface area contributed by atoms with Crippen molar-refractivity contribution in [1.82, 2.24) is 9.78 Å². The van der Waals surface area contributed by atoms with Gasteiger partial charge >= 0.3 is 0 Å². The molecule has 0 bridgehead atoms. The van der Waals surface area contributed by atoms with Crippen LogP contribution in [0.15, 0.2) is 30.6 Å². The molecule has 0 atom stereocenters. The molecule has 1 aromatic carbocycles. The molecule has 0 aliphatic heterocycles. The number of hydrogen-bond acceptors (Lipinski definition) is 3. The van der Waals surface area contributed by atoms with Gasteiger partial charge in [0.2, 0.25) is 0 Å². The Morgan fingerprint density at radius 2 is 2.14 bits per heavy atom. The van der Waals surface area contributed by atoms with E-state index >= 15 is 0 Å². The molecule has 2 rings (SSSR count). The Bertz CT molecular complexity index is 658. The minimum absolute atomic E-state index is 0.0761. The summed E-state index contributed by atoms with van der Waals surface area (Å²) in [5.41, 5.74) is 6.55. The highest BCUT2D eigenvalue weighted by Gasteiger charge is 2.14. The molecule has 3 N–H and O–H groups in total. The molecular weight excluding hydrogens is 271 g/mol. The topological polar surface area (TPSA) is 72.9 Å². The Hall–Kier alpha value is -2.37. The fourth-order valence-corrected chi connectivity index (χ4v) is 1.85. The average Bonchev–Trinajstić information content (AvgIpc) is 2.86. The minimum Gasteiger partial charge on any atom is -0.381 e. The summed E-state index contributed by atoms with van der Waals surface area (Å²) >= 11 is 0. The van der Waals surface area contributed by atoms with Gasteiger partial charge in [-0.3, -0.25) is 9.48 Å². The van der Waals surface area contributed by atoms with Crippen molar-refractivity contribution in [3.05, 3.63) is 47.5 Å². The van der Waals surface area contributed by atoms with Crippen LogP contribution in [0.1, 0.15) is 36.7 Å². The van der Waals surface area contributed by atoms with E-state index in [9.17, 15) is 9.18 Å². The summed E-state index contributed by atoms with van der Waals surface area (Å²) in [7, 11) is 0. The average molecular weight is 290 g/mol. The van der Waals surface area contributed by atoms with Crippen molar-refractivity contribution in [2.75, 3.05) is 5.32 Å². The Labute approximate surface area is 123 Å². The second-order valence-electron chi connectivity index (χ2n) is 5.88. The van der Waals surface area contributed by atoms with Crippen molar-refractivity contribution in [1.29, 1.82) is 0 Å². The summed E-state index contributed by atoms with van der Waals surface area (Å²) < 4.78 is 15.3. The van der Waals surface area contributed by atoms with Crippen LogP contribution >= 0.6 is 0 Å². The molecular formula is C15H19FN4O. The number of nitrogens with two attached hydrogens (primary N) is 1. The molecule has 0 spiro atoms. The standard InChI is InChI=1S/C15H19FN4O/c1-15(2,3)20-9-10(8-19-20)7-18-11-4-5-13(16)12(6-11)14(17)21/h4-6,8-9,18H,7H2,1-3H3,(H2,17,21). The van der Waals surface area contributed by atoms with Gasteiger partial charge in [-0.15, -0.1) is 0 Å². The lowest BCUT2D eigenvalue weighted by Crippen LogP contribution is -2.22. The van der Waals surface area contributed by atoms with Gasteiger partial charge in [-0.25, -0.2) is 4.39 Å². The molecule has 1 amide bonds. The van der Waals surface area contributed by atoms with E-state index in [1.807, 2.05) is 10.9 Å². The monoisotopic (exact) mass is 290 g/mol. The lowest BCUT2D eigenvalue weighted by Gasteiger charge is -2.18. The smallest absolute Gasteiger partial charge is 0.251 e. The number of nitrogens with one attached hydrogen (secondary N) is 1. The van der Waals surface area contributed by atoms with E-state index in [-0.39, 0.29) is 11.1 Å². The molecule has 0 radical (unpaired) electrons. The summed E-state index contributed by atoms with van der Waals surface area (Å²) in [4.78, 5) is 11.1. The predicted octanol–water partition coefficient (Wildman–Crippen LogP) is 2.49. The second kappa shape index (κ2) is 5.55. The zero-order chi connectivity index (χ0) is 15.6. The normalized spacial score (nSPS) is 11.4. The van der Waals surface area contributed by atoms with Gasteiger partial charge in [0.1, 0.15) is 5.82 Å². The number of carbonyl (C=O) groups excluding carboxylic acids is 1. The summed E-state index contributed by atoms with van der Waals surface area (Å²) in [6.45, 7) is 6.73. The fraction of sp³-hybridized carbons (Fsp3) is 0.333. The van der Waals surface area contributed by atoms with Crippen LogP contribution in [0, 0.1) is 5.82 Å². The number of benzene rings is 1. The summed E-state index contributed by atoms with van der Waals surface area (Å²) in [6, 6.07) is 4.20. The molecule has 1 heterocycles. The number of anilines is 1. The fourth-order valence-electron chi connectivity index (χ4n) is 1.85. The zero-order valence-electron chi connectivity index (χ0n) is 12.4. The van der Waals surface area contributed by atoms with Crippen LogP contribution in [0.3, 0.4) is 0 Å². The van der Waals surface area contributed by atoms with Crippen LogP contribution in [0.5, 0.6) is 0 Å². The summed E-state index contributed by atoms with van der Waals surface area (Å²) in [5.74, 6) is -1.40. The summed E-state index contributed by atoms with van der Waals surface area (Å²) in [5, 5.41) is 7.42. The SMILES string of the molecule is CC(C)(C)n1cc(CNc2ccc(F)c(C(N)=O)c2)cn1. The molecule has 6 heteroatoms. The molecule has 0 fully saturated rings. The molecule has 5 nitrogen and oxygen atoms in total. The maximum atomic E-state index is 13.4. The Balaban J connectivity index is 2.08. The number of aromatic nitrogens is 2. The molecule has 112 valence electrons. The van der Waals surface area contributed by atoms with Crippen LogP contribution in [-0.4, -0.2) is 15.7 Å². The molecule has 2 aromatic rings. The van der Waals surface area contributed by atoms with E-state index in [4.69, 9.17) is 5.73 Å². The number of rotatable bonds is 4. The van der Waals surface area contributed by atoms with Gasteiger partial charge in [0, 0.05) is 24.0 Å². The molecule has 0 aliphatic carbocycles. The third-order valence-electron chi connectivity index (χ3n) is 3.05. The molecule has 0 aliphatic rings. The quantitative estimate of drug-likeness (QED) is 0.908. The maximum Gasteiger partial charge on any atom is 0.251 e. The predicted molar refractivity (Wildman–Crippen MR) is 79.5 cm³/mol. The first-order valence-corrected chi connectivity index (χ1v) is 6.64. The number of hydrogen-bond donors (Lipinski definition) is 2. The van der Waals surface area contributed by atoms with E-state index in [0.29, 0.717) is 12.2 Å². The lowest BCUT2D eigenvalue weighted by atomic mass is 10.1. The summed E-state index contributed by atoms with van der Waals surface area (Å²) in [6.07, 6.45) is 3.72. The van der Waals surface area contributed by atoms with E-state index in [0.717, 1.165) is 5.56 Å². The highest BCUT2D eigenvalue weighted by molar-refractivity contribution is 5.94. The van der Waals surface area contributed by atoms with Crippen molar-refractivity contribution < 1.29 is 9.18 Å². The van der Waals surface area contributed by atoms with Gasteiger partial charge < -0.3 is 11.1 Å². The van der Waals surface area contributed by atoms with E-state index in [1.165, 1.54) is 12.1 Å². The molecule has 1 aromatic heterocycles. The first-order chi connectivity index (χ1) is 9.77. The van der Waals surface area contributed by atoms with Crippen LogP contribution in [-0.2, 0) is 12.1 Å². The zero-order valence-corrected chi connectivity index (χ0v) is 12.4. The van der Waals surface area contributed by atoms with Crippen molar-refractivity contribution in [2.24, 2.45) is 5.73 Å². The Morgan fingerprint density at radius 1 is 1.43 bits per heavy atom. The lowest BCUT2D eigenvalue weighted by molar-refractivity contribution is 0.0996. The highest BCUT2D eigenvalue weighted by atomic mass is 19.1. The van der Waals surface area contributed by atoms with Crippen molar-refractivity contribution in [2.45, 2.75) is 32.9 Å². The van der Waals surface area contributed by atoms with Gasteiger partial charge in [-0.05, 0) is 39.0 Å².